The van der Waals surface area contributed by atoms with Gasteiger partial charge in [-0.15, -0.1) is 0 Å². The van der Waals surface area contributed by atoms with Crippen LogP contribution in [0.1, 0.15) is 52.7 Å². The highest BCUT2D eigenvalue weighted by atomic mass is 32.2. The molecule has 0 saturated carbocycles. The number of benzene rings is 2. The first-order valence-electron chi connectivity index (χ1n) is 30.2. The molecule has 0 aliphatic rings. The van der Waals surface area contributed by atoms with Gasteiger partial charge in [0, 0.05) is 95.6 Å². The Balaban J connectivity index is 1.09. The molecule has 528 valence electrons. The molecule has 2 aromatic heterocycles. The van der Waals surface area contributed by atoms with Crippen LogP contribution in [0.25, 0.3) is 10.9 Å². The van der Waals surface area contributed by atoms with E-state index >= 15 is 0 Å². The number of hydrogen-bond acceptors (Lipinski definition) is 23. The summed E-state index contributed by atoms with van der Waals surface area (Å²) < 4.78 is 86.9. The van der Waals surface area contributed by atoms with Crippen LogP contribution in [0, 0.1) is 13.8 Å². The number of aliphatic hydroxyl groups is 2. The molecule has 0 radical (unpaired) electrons. The van der Waals surface area contributed by atoms with Crippen molar-refractivity contribution in [3.63, 3.8) is 0 Å². The van der Waals surface area contributed by atoms with Gasteiger partial charge in [0.25, 0.3) is 16.0 Å². The van der Waals surface area contributed by atoms with Crippen LogP contribution in [0.2, 0.25) is 0 Å². The fourth-order valence-electron chi connectivity index (χ4n) is 9.67. The Labute approximate surface area is 549 Å². The third-order valence-corrected chi connectivity index (χ3v) is 16.8. The number of carbonyl (C=O) groups is 7. The number of nitrogens with zero attached hydrogens (tertiary/aromatic N) is 5. The largest absolute Gasteiger partial charge is 0.494 e. The Morgan fingerprint density at radius 3 is 2.06 bits per heavy atom. The number of aromatic nitrogens is 3. The van der Waals surface area contributed by atoms with Gasteiger partial charge in [-0.1, -0.05) is 12.1 Å². The number of pyridine rings is 1. The minimum atomic E-state index is -4.74. The predicted molar refractivity (Wildman–Crippen MR) is 343 cm³/mol. The zero-order valence-corrected chi connectivity index (χ0v) is 55.4. The van der Waals surface area contributed by atoms with Crippen molar-refractivity contribution in [3.05, 3.63) is 93.2 Å². The highest BCUT2D eigenvalue weighted by Crippen LogP contribution is 2.26. The number of imidazole rings is 1. The van der Waals surface area contributed by atoms with Crippen molar-refractivity contribution in [1.29, 1.82) is 0 Å². The third kappa shape index (κ3) is 29.3. The molecule has 0 aliphatic carbocycles. The zero-order valence-electron chi connectivity index (χ0n) is 53.8. The zero-order chi connectivity index (χ0) is 70.3. The van der Waals surface area contributed by atoms with Gasteiger partial charge in [-0.25, -0.2) is 18.2 Å². The molecule has 2 heterocycles. The minimum absolute atomic E-state index is 0.0355. The molecule has 3 atom stereocenters. The van der Waals surface area contributed by atoms with Crippen molar-refractivity contribution >= 4 is 78.4 Å². The molecule has 0 spiro atoms. The molecule has 95 heavy (non-hydrogen) atoms. The fourth-order valence-corrected chi connectivity index (χ4v) is 12.0. The summed E-state index contributed by atoms with van der Waals surface area (Å²) in [5.41, 5.74) is 1.14. The normalized spacial score (nSPS) is 13.3. The summed E-state index contributed by atoms with van der Waals surface area (Å²) in [5, 5.41) is 61.9. The molecule has 0 aliphatic heterocycles. The molecule has 2 aromatic carbocycles. The molecule has 4 rings (SSSR count). The van der Waals surface area contributed by atoms with Gasteiger partial charge in [0.05, 0.1) is 76.9 Å². The maximum atomic E-state index is 13.6. The van der Waals surface area contributed by atoms with Crippen molar-refractivity contribution in [2.75, 3.05) is 150 Å². The van der Waals surface area contributed by atoms with Gasteiger partial charge < -0.3 is 85.1 Å². The van der Waals surface area contributed by atoms with E-state index in [1.54, 1.807) is 42.2 Å². The summed E-state index contributed by atoms with van der Waals surface area (Å²) in [6, 6.07) is 4.65. The monoisotopic (exact) mass is 1380 g/mol. The van der Waals surface area contributed by atoms with Crippen LogP contribution < -0.4 is 41.5 Å². The first-order chi connectivity index (χ1) is 44.9. The molecule has 4 aromatic rings. The lowest BCUT2D eigenvalue weighted by atomic mass is 10.1. The summed E-state index contributed by atoms with van der Waals surface area (Å²) in [4.78, 5) is 109. The Hall–Kier alpha value is -8.01. The number of ketones is 1. The summed E-state index contributed by atoms with van der Waals surface area (Å²) in [6.45, 7) is 2.01. The number of rotatable bonds is 49. The van der Waals surface area contributed by atoms with E-state index in [4.69, 9.17) is 18.9 Å². The van der Waals surface area contributed by atoms with Gasteiger partial charge in [-0.3, -0.25) is 47.9 Å². The highest BCUT2D eigenvalue weighted by Gasteiger charge is 2.32. The number of aliphatic carboxylic acids is 3. The molecule has 36 heteroatoms. The van der Waals surface area contributed by atoms with Gasteiger partial charge in [-0.05, 0) is 81.1 Å². The number of aromatic amines is 1. The lowest BCUT2D eigenvalue weighted by Gasteiger charge is -2.34. The number of quaternary nitrogens is 1. The maximum Gasteiger partial charge on any atom is 0.359 e. The summed E-state index contributed by atoms with van der Waals surface area (Å²) in [6.07, 6.45) is 7.33. The Kier molecular flexibility index (Phi) is 33.2. The lowest BCUT2D eigenvalue weighted by Crippen LogP contribution is -2.54. The predicted octanol–water partition coefficient (Wildman–Crippen LogP) is -2.04. The number of carbonyl (C=O) groups excluding carboxylic acids is 4. The lowest BCUT2D eigenvalue weighted by molar-refractivity contribution is -0.894. The van der Waals surface area contributed by atoms with Crippen molar-refractivity contribution in [3.8, 4) is 5.75 Å². The van der Waals surface area contributed by atoms with Gasteiger partial charge in [0.15, 0.2) is 12.5 Å². The van der Waals surface area contributed by atoms with E-state index in [0.717, 1.165) is 5.56 Å². The van der Waals surface area contributed by atoms with Gasteiger partial charge in [-0.2, -0.15) is 13.1 Å². The molecule has 0 fully saturated rings. The average Bonchev–Trinajstić information content (AvgIpc) is 0.983. The van der Waals surface area contributed by atoms with Crippen molar-refractivity contribution in [1.82, 2.24) is 50.3 Å². The second-order valence-corrected chi connectivity index (χ2v) is 25.7. The molecule has 13 N–H and O–H groups in total. The molecule has 0 saturated heterocycles. The Morgan fingerprint density at radius 1 is 0.821 bits per heavy atom. The van der Waals surface area contributed by atoms with Crippen molar-refractivity contribution in [2.45, 2.75) is 63.1 Å². The van der Waals surface area contributed by atoms with E-state index < -0.39 is 112 Å². The quantitative estimate of drug-likeness (QED) is 0.00981. The number of aliphatic hydroxyl groups excluding tert-OH is 2. The van der Waals surface area contributed by atoms with E-state index in [9.17, 15) is 85.3 Å². The molecule has 0 bridgehead atoms. The van der Waals surface area contributed by atoms with E-state index in [1.165, 1.54) is 62.1 Å². The van der Waals surface area contributed by atoms with Crippen molar-refractivity contribution < 1.29 is 104 Å². The second-order valence-electron chi connectivity index (χ2n) is 22.6. The number of ether oxygens (including phenoxy) is 4. The van der Waals surface area contributed by atoms with Gasteiger partial charge >= 0.3 is 17.9 Å². The Bertz CT molecular complexity index is 3510. The second kappa shape index (κ2) is 39.8. The fraction of sp³-hybridized carbons (Fsp3) is 0.542. The first-order valence-corrected chi connectivity index (χ1v) is 33.2. The summed E-state index contributed by atoms with van der Waals surface area (Å²) in [7, 11) is -4.63. The number of likely N-dealkylation sites (N-methyl/N-ethyl adjacent to an activating group) is 2. The number of hydrogen-bond donors (Lipinski definition) is 13. The van der Waals surface area contributed by atoms with Crippen LogP contribution in [0.5, 0.6) is 5.75 Å². The minimum Gasteiger partial charge on any atom is -0.494 e. The van der Waals surface area contributed by atoms with E-state index in [1.807, 2.05) is 0 Å². The van der Waals surface area contributed by atoms with Crippen LogP contribution in [0.15, 0.2) is 70.4 Å². The Morgan fingerprint density at radius 2 is 1.47 bits per heavy atom. The van der Waals surface area contributed by atoms with Gasteiger partial charge in [0.1, 0.15) is 42.3 Å². The smallest absolute Gasteiger partial charge is 0.359 e. The van der Waals surface area contributed by atoms with E-state index in [2.05, 4.69) is 41.3 Å². The van der Waals surface area contributed by atoms with Crippen LogP contribution in [-0.2, 0) is 76.7 Å². The number of sulfonamides is 1. The SMILES string of the molecule is Cc1cc(OCCCC(=O)NCCCOCCOCCOCCCNC(=O)[C@H](CS(=O)(=O)O)N/C(=C/CN(CO)CC[N+](C)(CC(=O)O)CC(=O)CO)CN(C)CC(=O)O)cc(C)c1S(=O)(=O)NC(CNC(=O)c1cn(C)c2cc(CNc3ncc[nH]3)ccc2c1=O)C(=O)O. The summed E-state index contributed by atoms with van der Waals surface area (Å²) in [5.74, 6) is -6.66. The van der Waals surface area contributed by atoms with Crippen LogP contribution in [-0.4, -0.2) is 274 Å². The number of nitrogens with one attached hydrogen (secondary N) is 7. The number of carboxylic acids is 3. The number of anilines is 1. The topological polar surface area (TPSA) is 475 Å². The highest BCUT2D eigenvalue weighted by molar-refractivity contribution is 7.89. The molecular weight excluding hydrogens is 1290 g/mol. The number of aryl methyl sites for hydroxylation is 3. The van der Waals surface area contributed by atoms with E-state index in [-0.39, 0.29) is 128 Å². The number of H-pyrrole nitrogens is 1. The maximum absolute atomic E-state index is 13.6. The number of fused-ring (bicyclic) bond motifs is 1. The number of amides is 3. The van der Waals surface area contributed by atoms with Crippen LogP contribution in [0.4, 0.5) is 5.95 Å². The van der Waals surface area contributed by atoms with E-state index in [0.29, 0.717) is 56.2 Å². The molecule has 3 amide bonds. The molecule has 34 nitrogen and oxygen atoms in total. The number of carboxylic acid groups (broad SMARTS) is 3. The average molecular weight is 1380 g/mol. The van der Waals surface area contributed by atoms with Crippen LogP contribution in [0.3, 0.4) is 0 Å². The van der Waals surface area contributed by atoms with Gasteiger partial charge in [0.2, 0.25) is 33.0 Å². The van der Waals surface area contributed by atoms with Crippen LogP contribution >= 0.6 is 0 Å². The number of Topliss-reactive ketones (excluding diaryl/α,β-unsaturated/α-hetero) is 1. The summed E-state index contributed by atoms with van der Waals surface area (Å²) >= 11 is 0. The first kappa shape index (κ1) is 79.4. The molecular formula is C59H89N12O22S2+. The third-order valence-electron chi connectivity index (χ3n) is 14.2. The molecule has 2 unspecified atom stereocenters. The standard InChI is InChI=1S/C59H88N12O22S2/c1-40-27-45(28-41(2)55(40)95(88,89)67-48(58(83)84)31-64-56(81)47-33-69(4)50-29-42(10-11-46(50)54(47)80)30-65-59-62-15-16-63-59)93-22-6-9-51(75)60-13-7-20-90-23-25-92-26-24-91-21-8-14-61-57(82)49(38-94(85,86)87)66-43(32-68(3)34-52(76)77)12-17-70(39-73)18-19-71(5,36-53(78)79)35-44(74)37-72/h10-12,15-16,27-29,33,48-49,66-67,72-73H,6-9,13-14,17-26,30-32,34-39H2,1-5H3,(H8-,60,61,62,63,64,65,75,76,77,78,79,81,82,83,84,85,86,87)/p+1/b43-12+/t48?,49-,71?/m0/s1. The van der Waals surface area contributed by atoms with Crippen molar-refractivity contribution in [2.24, 2.45) is 7.05 Å².